The SMILES string of the molecule is CCCCCCNC(=O)OC(C)=O. The number of nitrogens with one attached hydrogen (secondary N) is 1. The van der Waals surface area contributed by atoms with Crippen LogP contribution in [0.1, 0.15) is 39.5 Å². The first-order valence-electron chi connectivity index (χ1n) is 4.63. The largest absolute Gasteiger partial charge is 0.414 e. The Labute approximate surface area is 78.6 Å². The second kappa shape index (κ2) is 7.58. The van der Waals surface area contributed by atoms with Gasteiger partial charge in [0.05, 0.1) is 0 Å². The summed E-state index contributed by atoms with van der Waals surface area (Å²) >= 11 is 0. The Morgan fingerprint density at radius 2 is 1.92 bits per heavy atom. The second-order valence-corrected chi connectivity index (χ2v) is 2.87. The first kappa shape index (κ1) is 11.9. The highest BCUT2D eigenvalue weighted by Gasteiger charge is 2.02. The summed E-state index contributed by atoms with van der Waals surface area (Å²) in [6, 6.07) is 0. The van der Waals surface area contributed by atoms with Crippen LogP contribution in [0.4, 0.5) is 4.79 Å². The van der Waals surface area contributed by atoms with Crippen LogP contribution in [-0.2, 0) is 9.53 Å². The number of rotatable bonds is 5. The number of alkyl carbamates (subject to hydrolysis) is 1. The quantitative estimate of drug-likeness (QED) is 0.406. The number of hydrogen-bond donors (Lipinski definition) is 1. The maximum atomic E-state index is 10.7. The van der Waals surface area contributed by atoms with Gasteiger partial charge in [-0.1, -0.05) is 26.2 Å². The third-order valence-corrected chi connectivity index (χ3v) is 1.54. The average molecular weight is 187 g/mol. The summed E-state index contributed by atoms with van der Waals surface area (Å²) in [5, 5.41) is 2.49. The van der Waals surface area contributed by atoms with Crippen molar-refractivity contribution in [2.24, 2.45) is 0 Å². The van der Waals surface area contributed by atoms with Crippen molar-refractivity contribution in [3.63, 3.8) is 0 Å². The molecule has 0 aliphatic carbocycles. The van der Waals surface area contributed by atoms with Gasteiger partial charge in [0.25, 0.3) is 0 Å². The van der Waals surface area contributed by atoms with Gasteiger partial charge in [-0.15, -0.1) is 0 Å². The molecule has 0 aromatic heterocycles. The van der Waals surface area contributed by atoms with Gasteiger partial charge in [-0.05, 0) is 6.42 Å². The maximum absolute atomic E-state index is 10.7. The van der Waals surface area contributed by atoms with Gasteiger partial charge in [0, 0.05) is 13.5 Å². The molecule has 0 fully saturated rings. The molecule has 0 aliphatic rings. The fourth-order valence-corrected chi connectivity index (χ4v) is 0.909. The molecule has 4 nitrogen and oxygen atoms in total. The van der Waals surface area contributed by atoms with E-state index in [4.69, 9.17) is 0 Å². The van der Waals surface area contributed by atoms with Gasteiger partial charge in [-0.25, -0.2) is 4.79 Å². The number of carbonyl (C=O) groups excluding carboxylic acids is 2. The normalized spacial score (nSPS) is 9.38. The van der Waals surface area contributed by atoms with Crippen molar-refractivity contribution in [3.05, 3.63) is 0 Å². The summed E-state index contributed by atoms with van der Waals surface area (Å²) in [4.78, 5) is 21.0. The monoisotopic (exact) mass is 187 g/mol. The molecule has 0 unspecified atom stereocenters. The lowest BCUT2D eigenvalue weighted by atomic mass is 10.2. The third-order valence-electron chi connectivity index (χ3n) is 1.54. The molecule has 0 aromatic rings. The molecule has 13 heavy (non-hydrogen) atoms. The topological polar surface area (TPSA) is 55.4 Å². The molecule has 4 heteroatoms. The molecule has 1 amide bonds. The fourth-order valence-electron chi connectivity index (χ4n) is 0.909. The lowest BCUT2D eigenvalue weighted by molar-refractivity contribution is -0.134. The summed E-state index contributed by atoms with van der Waals surface area (Å²) in [5.41, 5.74) is 0. The van der Waals surface area contributed by atoms with Gasteiger partial charge in [0.2, 0.25) is 0 Å². The highest BCUT2D eigenvalue weighted by atomic mass is 16.6. The van der Waals surface area contributed by atoms with E-state index in [1.54, 1.807) is 0 Å². The fraction of sp³-hybridized carbons (Fsp3) is 0.778. The first-order chi connectivity index (χ1) is 6.16. The van der Waals surface area contributed by atoms with E-state index >= 15 is 0 Å². The molecule has 0 radical (unpaired) electrons. The minimum Gasteiger partial charge on any atom is -0.377 e. The van der Waals surface area contributed by atoms with E-state index < -0.39 is 12.1 Å². The van der Waals surface area contributed by atoms with Crippen molar-refractivity contribution < 1.29 is 14.3 Å². The molecule has 0 rings (SSSR count). The number of esters is 1. The number of carbonyl (C=O) groups is 2. The van der Waals surface area contributed by atoms with Crippen molar-refractivity contribution in [1.29, 1.82) is 0 Å². The predicted molar refractivity (Wildman–Crippen MR) is 49.3 cm³/mol. The summed E-state index contributed by atoms with van der Waals surface area (Å²) in [6.07, 6.45) is 3.71. The summed E-state index contributed by atoms with van der Waals surface area (Å²) in [5.74, 6) is -0.578. The van der Waals surface area contributed by atoms with Crippen molar-refractivity contribution >= 4 is 12.1 Å². The molecular weight excluding hydrogens is 170 g/mol. The van der Waals surface area contributed by atoms with Crippen LogP contribution in [0.25, 0.3) is 0 Å². The molecule has 1 N–H and O–H groups in total. The lowest BCUT2D eigenvalue weighted by Crippen LogP contribution is -2.26. The molecule has 0 heterocycles. The Morgan fingerprint density at radius 3 is 2.46 bits per heavy atom. The predicted octanol–water partition coefficient (Wildman–Crippen LogP) is 1.84. The van der Waals surface area contributed by atoms with Crippen LogP contribution in [0.3, 0.4) is 0 Å². The minimum atomic E-state index is -0.649. The molecular formula is C9H17NO3. The van der Waals surface area contributed by atoms with Crippen LogP contribution in [0.5, 0.6) is 0 Å². The Balaban J connectivity index is 3.22. The molecule has 0 atom stereocenters. The van der Waals surface area contributed by atoms with Gasteiger partial charge in [0.15, 0.2) is 0 Å². The van der Waals surface area contributed by atoms with Crippen LogP contribution < -0.4 is 5.32 Å². The standard InChI is InChI=1S/C9H17NO3/c1-3-4-5-6-7-10-9(12)13-8(2)11/h3-7H2,1-2H3,(H,10,12). The minimum absolute atomic E-state index is 0.576. The molecule has 0 saturated carbocycles. The van der Waals surface area contributed by atoms with E-state index in [9.17, 15) is 9.59 Å². The van der Waals surface area contributed by atoms with Gasteiger partial charge in [-0.2, -0.15) is 0 Å². The number of ether oxygens (including phenoxy) is 1. The maximum Gasteiger partial charge on any atom is 0.414 e. The Morgan fingerprint density at radius 1 is 1.23 bits per heavy atom. The van der Waals surface area contributed by atoms with Gasteiger partial charge in [-0.3, -0.25) is 4.79 Å². The summed E-state index contributed by atoms with van der Waals surface area (Å²) in [6.45, 7) is 3.90. The molecule has 0 bridgehead atoms. The molecule has 0 saturated heterocycles. The third kappa shape index (κ3) is 8.85. The van der Waals surface area contributed by atoms with Gasteiger partial charge in [0.1, 0.15) is 0 Å². The van der Waals surface area contributed by atoms with Crippen LogP contribution in [0.2, 0.25) is 0 Å². The van der Waals surface area contributed by atoms with E-state index in [0.717, 1.165) is 19.3 Å². The number of unbranched alkanes of at least 4 members (excludes halogenated alkanes) is 3. The molecule has 0 aliphatic heterocycles. The highest BCUT2D eigenvalue weighted by molar-refractivity contribution is 5.82. The van der Waals surface area contributed by atoms with Gasteiger partial charge >= 0.3 is 12.1 Å². The van der Waals surface area contributed by atoms with E-state index in [2.05, 4.69) is 17.0 Å². The Hall–Kier alpha value is -1.06. The van der Waals surface area contributed by atoms with E-state index in [-0.39, 0.29) is 0 Å². The van der Waals surface area contributed by atoms with Crippen molar-refractivity contribution in [1.82, 2.24) is 5.32 Å². The highest BCUT2D eigenvalue weighted by Crippen LogP contribution is 1.96. The zero-order valence-corrected chi connectivity index (χ0v) is 8.26. The zero-order chi connectivity index (χ0) is 10.1. The first-order valence-corrected chi connectivity index (χ1v) is 4.63. The van der Waals surface area contributed by atoms with Crippen molar-refractivity contribution in [3.8, 4) is 0 Å². The smallest absolute Gasteiger partial charge is 0.377 e. The lowest BCUT2D eigenvalue weighted by Gasteiger charge is -2.02. The molecule has 76 valence electrons. The Kier molecular flexibility index (Phi) is 6.96. The van der Waals surface area contributed by atoms with E-state index in [1.165, 1.54) is 13.3 Å². The molecule has 0 spiro atoms. The van der Waals surface area contributed by atoms with Crippen LogP contribution >= 0.6 is 0 Å². The van der Waals surface area contributed by atoms with Gasteiger partial charge < -0.3 is 10.1 Å². The Bertz CT molecular complexity index is 168. The number of hydrogen-bond acceptors (Lipinski definition) is 3. The summed E-state index contributed by atoms with van der Waals surface area (Å²) < 4.78 is 4.27. The zero-order valence-electron chi connectivity index (χ0n) is 8.26. The summed E-state index contributed by atoms with van der Waals surface area (Å²) in [7, 11) is 0. The second-order valence-electron chi connectivity index (χ2n) is 2.87. The average Bonchev–Trinajstić information content (AvgIpc) is 2.02. The van der Waals surface area contributed by atoms with Crippen LogP contribution in [-0.4, -0.2) is 18.6 Å². The number of amides is 1. The van der Waals surface area contributed by atoms with Crippen LogP contribution in [0, 0.1) is 0 Å². The van der Waals surface area contributed by atoms with E-state index in [1.807, 2.05) is 0 Å². The van der Waals surface area contributed by atoms with Crippen molar-refractivity contribution in [2.75, 3.05) is 6.54 Å². The molecule has 0 aromatic carbocycles. The van der Waals surface area contributed by atoms with E-state index in [0.29, 0.717) is 6.54 Å². The van der Waals surface area contributed by atoms with Crippen molar-refractivity contribution in [2.45, 2.75) is 39.5 Å². The van der Waals surface area contributed by atoms with Crippen LogP contribution in [0.15, 0.2) is 0 Å².